The molecule has 3 atom stereocenters. The van der Waals surface area contributed by atoms with Crippen LogP contribution in [-0.4, -0.2) is 29.0 Å². The lowest BCUT2D eigenvalue weighted by Gasteiger charge is -2.31. The van der Waals surface area contributed by atoms with Crippen molar-refractivity contribution in [2.24, 2.45) is 11.7 Å². The zero-order valence-electron chi connectivity index (χ0n) is 13.2. The Morgan fingerprint density at radius 2 is 2.10 bits per heavy atom. The van der Waals surface area contributed by atoms with E-state index >= 15 is 0 Å². The SMILES string of the molecule is Cc1ccc2cc(C(CN)N3CC(C)CC3C)ccc2n1. The number of nitrogens with two attached hydrogens (primary N) is 1. The highest BCUT2D eigenvalue weighted by atomic mass is 15.2. The van der Waals surface area contributed by atoms with Gasteiger partial charge in [-0.1, -0.05) is 19.1 Å². The van der Waals surface area contributed by atoms with Crippen LogP contribution in [0.15, 0.2) is 30.3 Å². The summed E-state index contributed by atoms with van der Waals surface area (Å²) in [6, 6.07) is 11.7. The van der Waals surface area contributed by atoms with Gasteiger partial charge in [0.15, 0.2) is 0 Å². The van der Waals surface area contributed by atoms with Gasteiger partial charge in [-0.2, -0.15) is 0 Å². The van der Waals surface area contributed by atoms with Gasteiger partial charge in [0.05, 0.1) is 5.52 Å². The number of aromatic nitrogens is 1. The van der Waals surface area contributed by atoms with Gasteiger partial charge < -0.3 is 5.73 Å². The van der Waals surface area contributed by atoms with Gasteiger partial charge in [0, 0.05) is 36.3 Å². The molecule has 0 bridgehead atoms. The maximum atomic E-state index is 6.10. The lowest BCUT2D eigenvalue weighted by Crippen LogP contribution is -2.36. The average molecular weight is 283 g/mol. The van der Waals surface area contributed by atoms with Crippen LogP contribution in [0.2, 0.25) is 0 Å². The minimum absolute atomic E-state index is 0.315. The zero-order chi connectivity index (χ0) is 15.0. The normalized spacial score (nSPS) is 24.6. The Kier molecular flexibility index (Phi) is 3.96. The predicted octanol–water partition coefficient (Wildman–Crippen LogP) is 3.27. The summed E-state index contributed by atoms with van der Waals surface area (Å²) >= 11 is 0. The number of fused-ring (bicyclic) bond motifs is 1. The van der Waals surface area contributed by atoms with Crippen LogP contribution in [0.4, 0.5) is 0 Å². The molecule has 1 aromatic carbocycles. The van der Waals surface area contributed by atoms with Crippen LogP contribution < -0.4 is 5.73 Å². The fraction of sp³-hybridized carbons (Fsp3) is 0.500. The molecule has 0 saturated carbocycles. The van der Waals surface area contributed by atoms with Crippen LogP contribution in [0.1, 0.15) is 37.6 Å². The number of hydrogen-bond donors (Lipinski definition) is 1. The monoisotopic (exact) mass is 283 g/mol. The molecule has 1 aliphatic rings. The van der Waals surface area contributed by atoms with E-state index in [1.165, 1.54) is 17.4 Å². The number of pyridine rings is 1. The van der Waals surface area contributed by atoms with Crippen LogP contribution in [0, 0.1) is 12.8 Å². The Bertz CT molecular complexity index is 637. The Labute approximate surface area is 127 Å². The summed E-state index contributed by atoms with van der Waals surface area (Å²) in [6.45, 7) is 8.49. The Morgan fingerprint density at radius 1 is 1.29 bits per heavy atom. The summed E-state index contributed by atoms with van der Waals surface area (Å²) in [4.78, 5) is 7.14. The largest absolute Gasteiger partial charge is 0.329 e. The van der Waals surface area contributed by atoms with Crippen molar-refractivity contribution in [3.05, 3.63) is 41.6 Å². The number of benzene rings is 1. The van der Waals surface area contributed by atoms with E-state index in [1.807, 2.05) is 6.92 Å². The molecule has 2 N–H and O–H groups in total. The molecule has 3 heteroatoms. The number of nitrogens with zero attached hydrogens (tertiary/aromatic N) is 2. The number of aryl methyl sites for hydroxylation is 1. The first-order valence-electron chi connectivity index (χ1n) is 7.91. The molecule has 3 unspecified atom stereocenters. The van der Waals surface area contributed by atoms with Crippen molar-refractivity contribution in [1.29, 1.82) is 0 Å². The molecular formula is C18H25N3. The van der Waals surface area contributed by atoms with E-state index in [0.717, 1.165) is 23.7 Å². The molecule has 1 fully saturated rings. The Balaban J connectivity index is 1.95. The summed E-state index contributed by atoms with van der Waals surface area (Å²) in [5.74, 6) is 0.763. The van der Waals surface area contributed by atoms with E-state index in [-0.39, 0.29) is 0 Å². The molecule has 0 amide bonds. The van der Waals surface area contributed by atoms with E-state index in [4.69, 9.17) is 5.73 Å². The third-order valence-electron chi connectivity index (χ3n) is 4.69. The van der Waals surface area contributed by atoms with E-state index in [9.17, 15) is 0 Å². The molecule has 0 radical (unpaired) electrons. The molecule has 2 heterocycles. The molecule has 21 heavy (non-hydrogen) atoms. The summed E-state index contributed by atoms with van der Waals surface area (Å²) < 4.78 is 0. The topological polar surface area (TPSA) is 42.1 Å². The molecule has 3 nitrogen and oxygen atoms in total. The first kappa shape index (κ1) is 14.5. The van der Waals surface area contributed by atoms with Crippen molar-refractivity contribution < 1.29 is 0 Å². The first-order chi connectivity index (χ1) is 10.1. The molecule has 1 saturated heterocycles. The molecule has 1 aliphatic heterocycles. The van der Waals surface area contributed by atoms with E-state index in [2.05, 4.69) is 54.1 Å². The summed E-state index contributed by atoms with van der Waals surface area (Å²) in [5.41, 5.74) is 9.55. The number of hydrogen-bond acceptors (Lipinski definition) is 3. The fourth-order valence-electron chi connectivity index (χ4n) is 3.68. The lowest BCUT2D eigenvalue weighted by molar-refractivity contribution is 0.192. The van der Waals surface area contributed by atoms with Gasteiger partial charge in [0.25, 0.3) is 0 Å². The van der Waals surface area contributed by atoms with Crippen LogP contribution >= 0.6 is 0 Å². The van der Waals surface area contributed by atoms with Crippen molar-refractivity contribution in [2.45, 2.75) is 39.3 Å². The summed E-state index contributed by atoms with van der Waals surface area (Å²) in [6.07, 6.45) is 1.27. The third kappa shape index (κ3) is 2.81. The van der Waals surface area contributed by atoms with E-state index in [0.29, 0.717) is 18.6 Å². The second-order valence-electron chi connectivity index (χ2n) is 6.54. The summed E-state index contributed by atoms with van der Waals surface area (Å²) in [7, 11) is 0. The molecule has 2 aromatic rings. The van der Waals surface area contributed by atoms with Crippen LogP contribution in [0.3, 0.4) is 0 Å². The fourth-order valence-corrected chi connectivity index (χ4v) is 3.68. The second kappa shape index (κ2) is 5.74. The quantitative estimate of drug-likeness (QED) is 0.940. The van der Waals surface area contributed by atoms with Crippen molar-refractivity contribution in [2.75, 3.05) is 13.1 Å². The minimum Gasteiger partial charge on any atom is -0.329 e. The molecule has 3 rings (SSSR count). The molecule has 0 spiro atoms. The first-order valence-corrected chi connectivity index (χ1v) is 7.91. The number of likely N-dealkylation sites (tertiary alicyclic amines) is 1. The van der Waals surface area contributed by atoms with E-state index in [1.54, 1.807) is 0 Å². The highest BCUT2D eigenvalue weighted by Gasteiger charge is 2.31. The van der Waals surface area contributed by atoms with Crippen molar-refractivity contribution in [3.8, 4) is 0 Å². The zero-order valence-corrected chi connectivity index (χ0v) is 13.2. The van der Waals surface area contributed by atoms with Crippen molar-refractivity contribution in [3.63, 3.8) is 0 Å². The van der Waals surface area contributed by atoms with Crippen LogP contribution in [0.25, 0.3) is 10.9 Å². The molecule has 1 aromatic heterocycles. The standard InChI is InChI=1S/C18H25N3/c1-12-8-14(3)21(11-12)18(10-19)16-6-7-17-15(9-16)5-4-13(2)20-17/h4-7,9,12,14,18H,8,10-11,19H2,1-3H3. The molecule has 112 valence electrons. The highest BCUT2D eigenvalue weighted by Crippen LogP contribution is 2.32. The Hall–Kier alpha value is -1.45. The maximum absolute atomic E-state index is 6.10. The smallest absolute Gasteiger partial charge is 0.0705 e. The average Bonchev–Trinajstić information content (AvgIpc) is 2.79. The minimum atomic E-state index is 0.315. The van der Waals surface area contributed by atoms with Gasteiger partial charge >= 0.3 is 0 Å². The molecule has 0 aliphatic carbocycles. The van der Waals surface area contributed by atoms with Gasteiger partial charge in [0.2, 0.25) is 0 Å². The second-order valence-corrected chi connectivity index (χ2v) is 6.54. The van der Waals surface area contributed by atoms with Gasteiger partial charge in [-0.05, 0) is 49.9 Å². The van der Waals surface area contributed by atoms with Gasteiger partial charge in [0.1, 0.15) is 0 Å². The van der Waals surface area contributed by atoms with Gasteiger partial charge in [-0.25, -0.2) is 0 Å². The highest BCUT2D eigenvalue weighted by molar-refractivity contribution is 5.79. The number of rotatable bonds is 3. The summed E-state index contributed by atoms with van der Waals surface area (Å²) in [5, 5.41) is 1.21. The Morgan fingerprint density at radius 3 is 2.76 bits per heavy atom. The van der Waals surface area contributed by atoms with Crippen molar-refractivity contribution in [1.82, 2.24) is 9.88 Å². The predicted molar refractivity (Wildman–Crippen MR) is 88.2 cm³/mol. The van der Waals surface area contributed by atoms with Crippen molar-refractivity contribution >= 4 is 10.9 Å². The third-order valence-corrected chi connectivity index (χ3v) is 4.69. The van der Waals surface area contributed by atoms with E-state index < -0.39 is 0 Å². The van der Waals surface area contributed by atoms with Crippen LogP contribution in [0.5, 0.6) is 0 Å². The lowest BCUT2D eigenvalue weighted by atomic mass is 10.0. The molecular weight excluding hydrogens is 258 g/mol. The van der Waals surface area contributed by atoms with Crippen LogP contribution in [-0.2, 0) is 0 Å². The van der Waals surface area contributed by atoms with Gasteiger partial charge in [-0.15, -0.1) is 0 Å². The van der Waals surface area contributed by atoms with Gasteiger partial charge in [-0.3, -0.25) is 9.88 Å². The maximum Gasteiger partial charge on any atom is 0.0705 e.